The van der Waals surface area contributed by atoms with E-state index in [1.165, 1.54) is 16.2 Å². The SMILES string of the molecule is CN(C(=O)/C(=C/c1cn[nH]c1-c1ccc(N2CCOCC2)cc1)SC=N)c1nccs1. The maximum Gasteiger partial charge on any atom is 0.266 e. The topological polar surface area (TPSA) is 98.2 Å². The van der Waals surface area contributed by atoms with E-state index < -0.39 is 0 Å². The molecule has 0 atom stereocenters. The van der Waals surface area contributed by atoms with Gasteiger partial charge in [0.05, 0.1) is 35.6 Å². The Morgan fingerprint density at radius 3 is 2.77 bits per heavy atom. The molecule has 8 nitrogen and oxygen atoms in total. The second-order valence-electron chi connectivity index (χ2n) is 6.77. The van der Waals surface area contributed by atoms with Gasteiger partial charge in [0.15, 0.2) is 5.13 Å². The van der Waals surface area contributed by atoms with Gasteiger partial charge in [-0.3, -0.25) is 14.8 Å². The summed E-state index contributed by atoms with van der Waals surface area (Å²) >= 11 is 2.45. The number of morpholine rings is 1. The van der Waals surface area contributed by atoms with E-state index in [2.05, 4.69) is 32.2 Å². The molecule has 2 N–H and O–H groups in total. The molecular weight excluding hydrogens is 432 g/mol. The van der Waals surface area contributed by atoms with Crippen LogP contribution in [-0.2, 0) is 9.53 Å². The number of thioether (sulfide) groups is 1. The number of H-pyrrole nitrogens is 1. The molecule has 2 aromatic heterocycles. The first kappa shape index (κ1) is 21.3. The van der Waals surface area contributed by atoms with Crippen molar-refractivity contribution in [3.63, 3.8) is 0 Å². The number of ether oxygens (including phenoxy) is 1. The lowest BCUT2D eigenvalue weighted by Gasteiger charge is -2.28. The molecule has 0 saturated carbocycles. The van der Waals surface area contributed by atoms with Gasteiger partial charge in [-0.25, -0.2) is 4.98 Å². The first-order chi connectivity index (χ1) is 15.2. The van der Waals surface area contributed by atoms with Crippen LogP contribution in [0, 0.1) is 5.41 Å². The molecule has 4 rings (SSSR count). The van der Waals surface area contributed by atoms with Gasteiger partial charge in [0.2, 0.25) is 0 Å². The molecule has 0 radical (unpaired) electrons. The summed E-state index contributed by atoms with van der Waals surface area (Å²) in [6.07, 6.45) is 5.11. The van der Waals surface area contributed by atoms with Crippen molar-refractivity contribution in [3.8, 4) is 11.3 Å². The minimum Gasteiger partial charge on any atom is -0.378 e. The predicted octanol–water partition coefficient (Wildman–Crippen LogP) is 3.71. The quantitative estimate of drug-likeness (QED) is 0.321. The fourth-order valence-corrected chi connectivity index (χ4v) is 4.45. The fraction of sp³-hybridized carbons (Fsp3) is 0.238. The van der Waals surface area contributed by atoms with Crippen molar-refractivity contribution in [1.82, 2.24) is 15.2 Å². The summed E-state index contributed by atoms with van der Waals surface area (Å²) in [5, 5.41) is 17.1. The van der Waals surface area contributed by atoms with Crippen LogP contribution in [0.5, 0.6) is 0 Å². The van der Waals surface area contributed by atoms with E-state index in [4.69, 9.17) is 10.1 Å². The van der Waals surface area contributed by atoms with Crippen LogP contribution in [0.25, 0.3) is 17.3 Å². The highest BCUT2D eigenvalue weighted by molar-refractivity contribution is 8.16. The molecule has 3 heterocycles. The number of hydrogen-bond donors (Lipinski definition) is 2. The fourth-order valence-electron chi connectivity index (χ4n) is 3.28. The zero-order chi connectivity index (χ0) is 21.6. The largest absolute Gasteiger partial charge is 0.378 e. The van der Waals surface area contributed by atoms with E-state index in [-0.39, 0.29) is 5.91 Å². The van der Waals surface area contributed by atoms with Crippen LogP contribution in [0.3, 0.4) is 0 Å². The van der Waals surface area contributed by atoms with Gasteiger partial charge in [-0.2, -0.15) is 5.10 Å². The molecule has 0 bridgehead atoms. The summed E-state index contributed by atoms with van der Waals surface area (Å²) in [7, 11) is 1.68. The van der Waals surface area contributed by atoms with Crippen molar-refractivity contribution in [2.24, 2.45) is 0 Å². The summed E-state index contributed by atoms with van der Waals surface area (Å²) < 4.78 is 5.42. The Kier molecular flexibility index (Phi) is 6.80. The van der Waals surface area contributed by atoms with Crippen molar-refractivity contribution in [2.45, 2.75) is 0 Å². The average Bonchev–Trinajstić information content (AvgIpc) is 3.51. The standard InChI is InChI=1S/C21H22N6O2S2/c1-26(21-23-6-11-30-21)20(28)18(31-14-22)12-16-13-24-25-19(16)15-2-4-17(5-3-15)27-7-9-29-10-8-27/h2-6,11-14,22H,7-10H2,1H3,(H,24,25)/b18-12-,22-14?. The number of benzene rings is 1. The molecule has 31 heavy (non-hydrogen) atoms. The van der Waals surface area contributed by atoms with Gasteiger partial charge in [-0.05, 0) is 18.2 Å². The zero-order valence-electron chi connectivity index (χ0n) is 16.9. The molecule has 10 heteroatoms. The number of anilines is 2. The lowest BCUT2D eigenvalue weighted by atomic mass is 10.1. The normalized spacial score (nSPS) is 14.5. The van der Waals surface area contributed by atoms with E-state index in [0.29, 0.717) is 10.0 Å². The van der Waals surface area contributed by atoms with Crippen molar-refractivity contribution in [2.75, 3.05) is 43.2 Å². The van der Waals surface area contributed by atoms with Crippen molar-refractivity contribution in [1.29, 1.82) is 5.41 Å². The first-order valence-electron chi connectivity index (χ1n) is 9.68. The van der Waals surface area contributed by atoms with E-state index in [1.807, 2.05) is 17.5 Å². The minimum atomic E-state index is -0.224. The van der Waals surface area contributed by atoms with Gasteiger partial charge >= 0.3 is 0 Å². The van der Waals surface area contributed by atoms with Gasteiger partial charge < -0.3 is 15.0 Å². The lowest BCUT2D eigenvalue weighted by Crippen LogP contribution is -2.36. The van der Waals surface area contributed by atoms with Crippen LogP contribution < -0.4 is 9.80 Å². The second kappa shape index (κ2) is 9.90. The molecular formula is C21H22N6O2S2. The lowest BCUT2D eigenvalue weighted by molar-refractivity contribution is -0.114. The first-order valence-corrected chi connectivity index (χ1v) is 11.4. The Bertz CT molecular complexity index is 1060. The second-order valence-corrected chi connectivity index (χ2v) is 8.55. The molecule has 1 aliphatic rings. The zero-order valence-corrected chi connectivity index (χ0v) is 18.6. The van der Waals surface area contributed by atoms with Crippen LogP contribution >= 0.6 is 23.1 Å². The number of amides is 1. The molecule has 160 valence electrons. The van der Waals surface area contributed by atoms with Gasteiger partial charge in [0, 0.05) is 48.5 Å². The van der Waals surface area contributed by atoms with Crippen LogP contribution in [0.2, 0.25) is 0 Å². The van der Waals surface area contributed by atoms with Crippen LogP contribution in [0.1, 0.15) is 5.56 Å². The Morgan fingerprint density at radius 1 is 1.32 bits per heavy atom. The monoisotopic (exact) mass is 454 g/mol. The van der Waals surface area contributed by atoms with Gasteiger partial charge in [-0.1, -0.05) is 23.9 Å². The number of carbonyl (C=O) groups excluding carboxylic acids is 1. The molecule has 1 fully saturated rings. The van der Waals surface area contributed by atoms with E-state index in [1.54, 1.807) is 25.5 Å². The minimum absolute atomic E-state index is 0.224. The Hall–Kier alpha value is -2.95. The number of aromatic nitrogens is 3. The highest BCUT2D eigenvalue weighted by atomic mass is 32.2. The van der Waals surface area contributed by atoms with Gasteiger partial charge in [0.25, 0.3) is 5.91 Å². The van der Waals surface area contributed by atoms with E-state index in [9.17, 15) is 4.79 Å². The summed E-state index contributed by atoms with van der Waals surface area (Å²) in [6, 6.07) is 8.26. The molecule has 3 aromatic rings. The molecule has 0 spiro atoms. The molecule has 1 saturated heterocycles. The molecule has 1 amide bonds. The molecule has 1 aliphatic heterocycles. The molecule has 0 unspecified atom stereocenters. The third kappa shape index (κ3) is 4.87. The van der Waals surface area contributed by atoms with Crippen LogP contribution in [0.4, 0.5) is 10.8 Å². The number of carbonyl (C=O) groups is 1. The van der Waals surface area contributed by atoms with Crippen molar-refractivity contribution < 1.29 is 9.53 Å². The summed E-state index contributed by atoms with van der Waals surface area (Å²) in [5.41, 5.74) is 4.88. The third-order valence-electron chi connectivity index (χ3n) is 4.90. The number of nitrogens with one attached hydrogen (secondary N) is 2. The van der Waals surface area contributed by atoms with Gasteiger partial charge in [0.1, 0.15) is 0 Å². The number of aromatic amines is 1. The van der Waals surface area contributed by atoms with Crippen LogP contribution in [0.15, 0.2) is 46.9 Å². The highest BCUT2D eigenvalue weighted by Crippen LogP contribution is 2.29. The third-order valence-corrected chi connectivity index (χ3v) is 6.41. The number of thiazole rings is 1. The van der Waals surface area contributed by atoms with Crippen molar-refractivity contribution >= 4 is 51.4 Å². The Morgan fingerprint density at radius 2 is 2.10 bits per heavy atom. The highest BCUT2D eigenvalue weighted by Gasteiger charge is 2.19. The Balaban J connectivity index is 1.59. The maximum atomic E-state index is 13.0. The van der Waals surface area contributed by atoms with Gasteiger partial charge in [-0.15, -0.1) is 11.3 Å². The maximum absolute atomic E-state index is 13.0. The Labute approximate surface area is 188 Å². The number of rotatable bonds is 7. The number of likely N-dealkylation sites (N-methyl/N-ethyl adjacent to an activating group) is 1. The molecule has 1 aromatic carbocycles. The van der Waals surface area contributed by atoms with E-state index >= 15 is 0 Å². The average molecular weight is 455 g/mol. The summed E-state index contributed by atoms with van der Waals surface area (Å²) in [6.45, 7) is 3.26. The smallest absolute Gasteiger partial charge is 0.266 e. The van der Waals surface area contributed by atoms with E-state index in [0.717, 1.165) is 66.1 Å². The predicted molar refractivity (Wildman–Crippen MR) is 127 cm³/mol. The summed E-state index contributed by atoms with van der Waals surface area (Å²) in [5.74, 6) is -0.224. The van der Waals surface area contributed by atoms with Crippen molar-refractivity contribution in [3.05, 3.63) is 52.5 Å². The van der Waals surface area contributed by atoms with Crippen LogP contribution in [-0.4, -0.2) is 60.0 Å². The summed E-state index contributed by atoms with van der Waals surface area (Å²) in [4.78, 5) is 21.4. The number of hydrogen-bond acceptors (Lipinski definition) is 8. The number of nitrogens with zero attached hydrogens (tertiary/aromatic N) is 4. The molecule has 0 aliphatic carbocycles.